The number of hydrogen-bond donors (Lipinski definition) is 6. The lowest BCUT2D eigenvalue weighted by Gasteiger charge is -2.41. The molecule has 7 atom stereocenters. The molecule has 0 aromatic heterocycles. The van der Waals surface area contributed by atoms with E-state index in [-0.39, 0.29) is 18.9 Å². The Bertz CT molecular complexity index is 1190. The number of allylic oxidation sites excluding steroid dienone is 1. The second-order valence-corrected chi connectivity index (χ2v) is 19.9. The van der Waals surface area contributed by atoms with Crippen LogP contribution in [-0.4, -0.2) is 95.4 Å². The number of nitrogens with one attached hydrogen (secondary N) is 1. The zero-order chi connectivity index (χ0) is 46.9. The van der Waals surface area contributed by atoms with Crippen LogP contribution in [0.1, 0.15) is 251 Å². The van der Waals surface area contributed by atoms with E-state index in [1.807, 2.05) is 6.08 Å². The number of aliphatic hydroxyl groups is 4. The minimum Gasteiger partial charge on any atom is -0.394 e. The maximum atomic E-state index is 13.0. The summed E-state index contributed by atoms with van der Waals surface area (Å²) in [6.07, 6.45) is 39.7. The Kier molecular flexibility index (Phi) is 39.9. The molecule has 1 aliphatic rings. The zero-order valence-corrected chi connectivity index (χ0v) is 41.7. The van der Waals surface area contributed by atoms with E-state index < -0.39 is 59.9 Å². The lowest BCUT2D eigenvalue weighted by Crippen LogP contribution is -2.61. The van der Waals surface area contributed by atoms with Crippen molar-refractivity contribution in [2.45, 2.75) is 294 Å². The molecule has 1 saturated heterocycles. The number of amides is 1. The number of ether oxygens (including phenoxy) is 2. The largest absolute Gasteiger partial charge is 0.397 e. The summed E-state index contributed by atoms with van der Waals surface area (Å²) in [6, 6.07) is -0.938. The van der Waals surface area contributed by atoms with Crippen molar-refractivity contribution in [1.82, 2.24) is 5.32 Å². The first kappa shape index (κ1) is 60.9. The lowest BCUT2D eigenvalue weighted by atomic mass is 9.99. The molecule has 13 heteroatoms. The first-order valence-corrected chi connectivity index (χ1v) is 27.9. The van der Waals surface area contributed by atoms with Crippen LogP contribution in [0.2, 0.25) is 0 Å². The number of hydrogen-bond acceptors (Lipinski definition) is 10. The molecule has 7 unspecified atom stereocenters. The Labute approximate surface area is 391 Å². The topological polar surface area (TPSA) is 192 Å². The van der Waals surface area contributed by atoms with Gasteiger partial charge in [0.15, 0.2) is 6.29 Å². The van der Waals surface area contributed by atoms with Crippen molar-refractivity contribution in [3.63, 3.8) is 0 Å². The smallest absolute Gasteiger partial charge is 0.394 e. The Morgan fingerprint density at radius 1 is 0.609 bits per heavy atom. The first-order valence-electron chi connectivity index (χ1n) is 26.6. The van der Waals surface area contributed by atoms with Gasteiger partial charge >= 0.3 is 10.4 Å². The summed E-state index contributed by atoms with van der Waals surface area (Å²) < 4.78 is 47.7. The van der Waals surface area contributed by atoms with Gasteiger partial charge in [0, 0.05) is 6.42 Å². The van der Waals surface area contributed by atoms with E-state index in [1.165, 1.54) is 186 Å². The molecule has 0 aromatic carbocycles. The van der Waals surface area contributed by atoms with Gasteiger partial charge in [-0.3, -0.25) is 9.35 Å². The van der Waals surface area contributed by atoms with Crippen molar-refractivity contribution in [1.29, 1.82) is 0 Å². The molecule has 0 spiro atoms. The van der Waals surface area contributed by atoms with Gasteiger partial charge < -0.3 is 35.2 Å². The van der Waals surface area contributed by atoms with Crippen molar-refractivity contribution in [3.8, 4) is 0 Å². The SMILES string of the molecule is CCCCCCCCCCCCCCCCCCCCCCCC/C=C/C(O)C(COC1OC(CO)C(O)C(OS(=O)(=O)O)C1O)NC(=O)CCCCCCCCCCCCCCC. The molecule has 0 saturated carbocycles. The number of aliphatic hydroxyl groups excluding tert-OH is 4. The van der Waals surface area contributed by atoms with Crippen LogP contribution in [0.5, 0.6) is 0 Å². The third kappa shape index (κ3) is 34.2. The van der Waals surface area contributed by atoms with Gasteiger partial charge in [0.05, 0.1) is 25.4 Å². The van der Waals surface area contributed by atoms with Crippen LogP contribution in [-0.2, 0) is 28.9 Å². The Hall–Kier alpha value is -1.16. The Morgan fingerprint density at radius 2 is 0.984 bits per heavy atom. The highest BCUT2D eigenvalue weighted by Crippen LogP contribution is 2.26. The third-order valence-corrected chi connectivity index (χ3v) is 13.3. The molecule has 1 aliphatic heterocycles. The molecule has 1 amide bonds. The second-order valence-electron chi connectivity index (χ2n) is 18.8. The molecule has 0 aromatic rings. The van der Waals surface area contributed by atoms with E-state index in [2.05, 4.69) is 23.3 Å². The van der Waals surface area contributed by atoms with Gasteiger partial charge in [-0.05, 0) is 19.3 Å². The van der Waals surface area contributed by atoms with E-state index in [9.17, 15) is 38.2 Å². The number of rotatable bonds is 46. The van der Waals surface area contributed by atoms with Crippen molar-refractivity contribution in [3.05, 3.63) is 12.2 Å². The highest BCUT2D eigenvalue weighted by molar-refractivity contribution is 7.80. The molecule has 380 valence electrons. The quantitative estimate of drug-likeness (QED) is 0.0193. The fourth-order valence-corrected chi connectivity index (χ4v) is 9.20. The van der Waals surface area contributed by atoms with Crippen LogP contribution in [0, 0.1) is 0 Å². The van der Waals surface area contributed by atoms with Crippen molar-refractivity contribution >= 4 is 16.3 Å². The van der Waals surface area contributed by atoms with E-state index in [0.717, 1.165) is 38.5 Å². The lowest BCUT2D eigenvalue weighted by molar-refractivity contribution is -0.298. The van der Waals surface area contributed by atoms with Crippen LogP contribution in [0.25, 0.3) is 0 Å². The molecule has 12 nitrogen and oxygen atoms in total. The fourth-order valence-electron chi connectivity index (χ4n) is 8.69. The van der Waals surface area contributed by atoms with Gasteiger partial charge in [0.25, 0.3) is 0 Å². The van der Waals surface area contributed by atoms with Crippen LogP contribution < -0.4 is 5.32 Å². The van der Waals surface area contributed by atoms with Crippen LogP contribution in [0.4, 0.5) is 0 Å². The summed E-state index contributed by atoms with van der Waals surface area (Å²) in [4.78, 5) is 13.0. The van der Waals surface area contributed by atoms with Crippen LogP contribution in [0.15, 0.2) is 12.2 Å². The van der Waals surface area contributed by atoms with E-state index in [1.54, 1.807) is 6.08 Å². The van der Waals surface area contributed by atoms with Gasteiger partial charge in [-0.15, -0.1) is 0 Å². The molecule has 1 heterocycles. The zero-order valence-electron chi connectivity index (χ0n) is 40.9. The minimum absolute atomic E-state index is 0.259. The monoisotopic (exact) mass is 934 g/mol. The number of unbranched alkanes of at least 4 members (excludes halogenated alkanes) is 34. The van der Waals surface area contributed by atoms with Crippen molar-refractivity contribution < 1.29 is 51.8 Å². The number of carbonyl (C=O) groups is 1. The summed E-state index contributed by atoms with van der Waals surface area (Å²) in [5.41, 5.74) is 0. The highest BCUT2D eigenvalue weighted by Gasteiger charge is 2.48. The second kappa shape index (κ2) is 42.0. The summed E-state index contributed by atoms with van der Waals surface area (Å²) >= 11 is 0. The van der Waals surface area contributed by atoms with E-state index >= 15 is 0 Å². The van der Waals surface area contributed by atoms with Gasteiger partial charge in [-0.2, -0.15) is 8.42 Å². The van der Waals surface area contributed by atoms with Gasteiger partial charge in [0.2, 0.25) is 5.91 Å². The third-order valence-electron chi connectivity index (χ3n) is 12.8. The minimum atomic E-state index is -5.08. The Balaban J connectivity index is 2.39. The summed E-state index contributed by atoms with van der Waals surface area (Å²) in [5.74, 6) is -0.259. The van der Waals surface area contributed by atoms with Gasteiger partial charge in [0.1, 0.15) is 24.4 Å². The van der Waals surface area contributed by atoms with Gasteiger partial charge in [-0.25, -0.2) is 4.18 Å². The molecule has 64 heavy (non-hydrogen) atoms. The maximum absolute atomic E-state index is 13.0. The van der Waals surface area contributed by atoms with Gasteiger partial charge in [-0.1, -0.05) is 238 Å². The predicted octanol–water partition coefficient (Wildman–Crippen LogP) is 11.5. The van der Waals surface area contributed by atoms with E-state index in [0.29, 0.717) is 6.42 Å². The molecule has 0 aliphatic carbocycles. The highest BCUT2D eigenvalue weighted by atomic mass is 32.3. The summed E-state index contributed by atoms with van der Waals surface area (Å²) in [6.45, 7) is 3.41. The fraction of sp³-hybridized carbons (Fsp3) is 0.941. The summed E-state index contributed by atoms with van der Waals surface area (Å²) in [5, 5.41) is 44.8. The van der Waals surface area contributed by atoms with Crippen molar-refractivity contribution in [2.75, 3.05) is 13.2 Å². The van der Waals surface area contributed by atoms with Crippen LogP contribution in [0.3, 0.4) is 0 Å². The maximum Gasteiger partial charge on any atom is 0.397 e. The Morgan fingerprint density at radius 3 is 1.36 bits per heavy atom. The van der Waals surface area contributed by atoms with Crippen LogP contribution >= 0.6 is 0 Å². The first-order chi connectivity index (χ1) is 31.0. The molecule has 1 fully saturated rings. The average Bonchev–Trinajstić information content (AvgIpc) is 3.27. The molecule has 0 radical (unpaired) electrons. The molecule has 1 rings (SSSR count). The van der Waals surface area contributed by atoms with E-state index in [4.69, 9.17) is 9.47 Å². The molecule has 0 bridgehead atoms. The summed E-state index contributed by atoms with van der Waals surface area (Å²) in [7, 11) is -5.08. The average molecular weight is 934 g/mol. The standard InChI is InChI=1S/C51H99NO11S/c1-3-5-7-9-11-13-15-17-18-19-20-21-22-23-24-25-26-27-29-30-32-34-36-38-40-45(54)44(43-61-51-49(57)50(63-64(58,59)60)48(56)46(42-53)62-51)52-47(55)41-39-37-35-33-31-28-16-14-12-10-8-6-4-2/h38,40,44-46,48-51,53-54,56-57H,3-37,39,41-43H2,1-2H3,(H,52,55)(H,58,59,60)/b40-38+. The molecular weight excluding hydrogens is 835 g/mol. The normalized spacial score (nSPS) is 20.3. The predicted molar refractivity (Wildman–Crippen MR) is 259 cm³/mol. The molecule has 6 N–H and O–H groups in total. The molecular formula is C51H99NO11S. The van der Waals surface area contributed by atoms with Crippen molar-refractivity contribution in [2.24, 2.45) is 0 Å². The number of carbonyl (C=O) groups excluding carboxylic acids is 1.